The molecule has 3 heterocycles. The Morgan fingerprint density at radius 2 is 1.70 bits per heavy atom. The number of aliphatic hydroxyl groups is 2. The van der Waals surface area contributed by atoms with Crippen LogP contribution in [0.25, 0.3) is 0 Å². The maximum absolute atomic E-state index is 13.1. The minimum absolute atomic E-state index is 0.390. The summed E-state index contributed by atoms with van der Waals surface area (Å²) in [4.78, 5) is 25.5. The van der Waals surface area contributed by atoms with E-state index in [4.69, 9.17) is 4.74 Å². The molecule has 9 heteroatoms. The van der Waals surface area contributed by atoms with Crippen LogP contribution in [-0.4, -0.2) is 64.0 Å². The number of para-hydroxylation sites is 2. The Balaban J connectivity index is 2.23. The Morgan fingerprint density at radius 1 is 1.09 bits per heavy atom. The molecule has 124 valence electrons. The lowest BCUT2D eigenvalue weighted by molar-refractivity contribution is -0.151. The minimum atomic E-state index is -1.47. The second kappa shape index (κ2) is 5.59. The number of carbonyl (C=O) groups excluding carboxylic acids is 2. The van der Waals surface area contributed by atoms with Crippen LogP contribution in [0.2, 0.25) is 0 Å². The van der Waals surface area contributed by atoms with Crippen LogP contribution in [0.1, 0.15) is 0 Å². The van der Waals surface area contributed by atoms with E-state index in [2.05, 4.69) is 0 Å². The van der Waals surface area contributed by atoms with Gasteiger partial charge in [-0.05, 0) is 33.7 Å². The van der Waals surface area contributed by atoms with Crippen LogP contribution in [0.3, 0.4) is 0 Å². The fraction of sp³-hybridized carbons (Fsp3) is 0.429. The molecule has 1 aromatic carbocycles. The molecule has 2 atom stereocenters. The minimum Gasteiger partial charge on any atom is -0.495 e. The number of amides is 2. The number of benzene rings is 1. The van der Waals surface area contributed by atoms with E-state index in [1.807, 2.05) is 0 Å². The third-order valence-corrected chi connectivity index (χ3v) is 7.75. The maximum atomic E-state index is 13.1. The molecule has 0 spiro atoms. The summed E-state index contributed by atoms with van der Waals surface area (Å²) in [6, 6.07) is 6.79. The average molecular weight is 356 g/mol. The summed E-state index contributed by atoms with van der Waals surface area (Å²) >= 11 is 0. The molecule has 1 aromatic rings. The first-order valence-corrected chi connectivity index (χ1v) is 8.98. The van der Waals surface area contributed by atoms with Gasteiger partial charge in [0.15, 0.2) is 0 Å². The van der Waals surface area contributed by atoms with E-state index < -0.39 is 34.8 Å². The number of ether oxygens (including phenoxy) is 1. The van der Waals surface area contributed by atoms with Crippen LogP contribution in [0, 0.1) is 0 Å². The number of likely N-dealkylation sites (N-methyl/N-ethyl adjacent to an activating group) is 1. The molecule has 0 saturated carbocycles. The number of hydrogen-bond donors (Lipinski definition) is 2. The number of carbonyl (C=O) groups is 2. The summed E-state index contributed by atoms with van der Waals surface area (Å²) < 4.78 is 5.29. The van der Waals surface area contributed by atoms with Gasteiger partial charge >= 0.3 is 0 Å². The van der Waals surface area contributed by atoms with Gasteiger partial charge in [-0.1, -0.05) is 12.1 Å². The van der Waals surface area contributed by atoms with Crippen LogP contribution >= 0.6 is 21.6 Å². The van der Waals surface area contributed by atoms with Gasteiger partial charge in [0.2, 0.25) is 9.74 Å². The molecule has 2 bridgehead atoms. The number of hydrogen-bond acceptors (Lipinski definition) is 7. The van der Waals surface area contributed by atoms with Crippen molar-refractivity contribution in [3.63, 3.8) is 0 Å². The number of aliphatic hydroxyl groups excluding tert-OH is 2. The van der Waals surface area contributed by atoms with E-state index in [1.54, 1.807) is 24.3 Å². The summed E-state index contributed by atoms with van der Waals surface area (Å²) in [5.41, 5.74) is 0.390. The van der Waals surface area contributed by atoms with Gasteiger partial charge in [-0.15, -0.1) is 0 Å². The lowest BCUT2D eigenvalue weighted by Gasteiger charge is -2.58. The first-order chi connectivity index (χ1) is 11.0. The van der Waals surface area contributed by atoms with Crippen molar-refractivity contribution in [3.8, 4) is 5.75 Å². The zero-order valence-corrected chi connectivity index (χ0v) is 14.2. The molecule has 3 aliphatic heterocycles. The van der Waals surface area contributed by atoms with Crippen molar-refractivity contribution in [2.75, 3.05) is 32.3 Å². The summed E-state index contributed by atoms with van der Waals surface area (Å²) in [5, 5.41) is 19.7. The number of anilines is 1. The third-order valence-electron chi connectivity index (χ3n) is 4.15. The standard InChI is InChI=1S/C14H16N2O5S2/c1-15-11(19)14(8-18)16(9-5-3-4-6-10(9)21-2)12(20)13(15,7-17)22-23-14/h3-6,17-18H,7-8H2,1-2H3. The van der Waals surface area contributed by atoms with Gasteiger partial charge in [-0.2, -0.15) is 0 Å². The second-order valence-electron chi connectivity index (χ2n) is 5.23. The van der Waals surface area contributed by atoms with Gasteiger partial charge < -0.3 is 19.8 Å². The predicted molar refractivity (Wildman–Crippen MR) is 88.1 cm³/mol. The molecule has 3 fully saturated rings. The monoisotopic (exact) mass is 356 g/mol. The molecular weight excluding hydrogens is 340 g/mol. The zero-order chi connectivity index (χ0) is 16.8. The fourth-order valence-electron chi connectivity index (χ4n) is 2.79. The molecule has 2 amide bonds. The van der Waals surface area contributed by atoms with E-state index in [-0.39, 0.29) is 0 Å². The second-order valence-corrected chi connectivity index (χ2v) is 7.91. The van der Waals surface area contributed by atoms with Crippen LogP contribution in [0.5, 0.6) is 5.75 Å². The lowest BCUT2D eigenvalue weighted by Crippen LogP contribution is -2.79. The van der Waals surface area contributed by atoms with Crippen molar-refractivity contribution in [2.24, 2.45) is 0 Å². The smallest absolute Gasteiger partial charge is 0.268 e. The Bertz CT molecular complexity index is 672. The molecule has 3 aliphatic rings. The number of piperazine rings is 1. The molecule has 2 unspecified atom stereocenters. The molecule has 0 radical (unpaired) electrons. The van der Waals surface area contributed by atoms with Crippen LogP contribution < -0.4 is 9.64 Å². The maximum Gasteiger partial charge on any atom is 0.268 e. The van der Waals surface area contributed by atoms with Crippen LogP contribution in [0.4, 0.5) is 5.69 Å². The molecule has 3 saturated heterocycles. The highest BCUT2D eigenvalue weighted by Crippen LogP contribution is 2.59. The van der Waals surface area contributed by atoms with Gasteiger partial charge in [0.25, 0.3) is 11.8 Å². The summed E-state index contributed by atoms with van der Waals surface area (Å²) in [6.07, 6.45) is 0. The van der Waals surface area contributed by atoms with Gasteiger partial charge in [-0.25, -0.2) is 0 Å². The normalized spacial score (nSPS) is 30.1. The number of fused-ring (bicyclic) bond motifs is 3. The average Bonchev–Trinajstić information content (AvgIpc) is 2.59. The van der Waals surface area contributed by atoms with Crippen LogP contribution in [0.15, 0.2) is 24.3 Å². The largest absolute Gasteiger partial charge is 0.495 e. The third kappa shape index (κ3) is 1.94. The highest BCUT2D eigenvalue weighted by Gasteiger charge is 2.69. The first-order valence-electron chi connectivity index (χ1n) is 6.83. The predicted octanol–water partition coefficient (Wildman–Crippen LogP) is 0.272. The molecule has 7 nitrogen and oxygen atoms in total. The molecule has 23 heavy (non-hydrogen) atoms. The van der Waals surface area contributed by atoms with Gasteiger partial charge in [0.1, 0.15) is 5.75 Å². The summed E-state index contributed by atoms with van der Waals surface area (Å²) in [7, 11) is 5.11. The SMILES string of the molecule is COc1ccccc1N1C(=O)C2(CO)SSC1(CO)C(=O)N2C. The molecule has 0 aromatic heterocycles. The molecule has 0 aliphatic carbocycles. The highest BCUT2D eigenvalue weighted by molar-refractivity contribution is 8.78. The summed E-state index contributed by atoms with van der Waals surface area (Å²) in [5.74, 6) is -0.469. The van der Waals surface area contributed by atoms with E-state index in [9.17, 15) is 19.8 Å². The van der Waals surface area contributed by atoms with Crippen molar-refractivity contribution in [2.45, 2.75) is 9.74 Å². The van der Waals surface area contributed by atoms with Crippen molar-refractivity contribution in [1.82, 2.24) is 4.90 Å². The first kappa shape index (κ1) is 16.4. The highest BCUT2D eigenvalue weighted by atomic mass is 33.1. The topological polar surface area (TPSA) is 90.3 Å². The zero-order valence-electron chi connectivity index (χ0n) is 12.6. The Kier molecular flexibility index (Phi) is 3.99. The quantitative estimate of drug-likeness (QED) is 0.749. The van der Waals surface area contributed by atoms with Gasteiger partial charge in [0, 0.05) is 7.05 Å². The van der Waals surface area contributed by atoms with Crippen molar-refractivity contribution >= 4 is 39.1 Å². The fourth-order valence-corrected chi connectivity index (χ4v) is 6.12. The number of rotatable bonds is 4. The van der Waals surface area contributed by atoms with E-state index in [1.165, 1.54) is 24.0 Å². The Morgan fingerprint density at radius 3 is 2.30 bits per heavy atom. The number of methoxy groups -OCH3 is 1. The molecular formula is C14H16N2O5S2. The van der Waals surface area contributed by atoms with Gasteiger partial charge in [0.05, 0.1) is 26.0 Å². The van der Waals surface area contributed by atoms with Crippen LogP contribution in [-0.2, 0) is 9.59 Å². The van der Waals surface area contributed by atoms with Crippen molar-refractivity contribution in [1.29, 1.82) is 0 Å². The van der Waals surface area contributed by atoms with Crippen molar-refractivity contribution in [3.05, 3.63) is 24.3 Å². The van der Waals surface area contributed by atoms with E-state index >= 15 is 0 Å². The van der Waals surface area contributed by atoms with E-state index in [0.717, 1.165) is 21.6 Å². The Hall–Kier alpha value is -1.42. The lowest BCUT2D eigenvalue weighted by atomic mass is 10.0. The van der Waals surface area contributed by atoms with E-state index in [0.29, 0.717) is 11.4 Å². The Labute approximate surface area is 141 Å². The van der Waals surface area contributed by atoms with Gasteiger partial charge in [-0.3, -0.25) is 14.5 Å². The molecule has 2 N–H and O–H groups in total. The van der Waals surface area contributed by atoms with Crippen molar-refractivity contribution < 1.29 is 24.5 Å². The summed E-state index contributed by atoms with van der Waals surface area (Å²) in [6.45, 7) is -1.06. The number of nitrogens with zero attached hydrogens (tertiary/aromatic N) is 2. The molecule has 4 rings (SSSR count).